The van der Waals surface area contributed by atoms with Crippen LogP contribution in [0, 0.1) is 11.3 Å². The van der Waals surface area contributed by atoms with Crippen molar-refractivity contribution in [1.29, 1.82) is 0 Å². The van der Waals surface area contributed by atoms with Crippen molar-refractivity contribution in [2.24, 2.45) is 17.1 Å². The third-order valence-corrected chi connectivity index (χ3v) is 4.77. The Kier molecular flexibility index (Phi) is 2.29. The molecule has 0 bridgehead atoms. The Labute approximate surface area is 91.5 Å². The molecular weight excluding hydrogens is 246 g/mol. The largest absolute Gasteiger partial charge is 0.330 e. The molecule has 3 heteroatoms. The van der Waals surface area contributed by atoms with Gasteiger partial charge in [-0.15, -0.1) is 11.3 Å². The van der Waals surface area contributed by atoms with Crippen LogP contribution >= 0.6 is 27.3 Å². The van der Waals surface area contributed by atoms with E-state index in [1.807, 2.05) is 0 Å². The minimum Gasteiger partial charge on any atom is -0.330 e. The Hall–Kier alpha value is 0.140. The van der Waals surface area contributed by atoms with Crippen LogP contribution in [0.25, 0.3) is 0 Å². The predicted octanol–water partition coefficient (Wildman–Crippen LogP) is 3.21. The Morgan fingerprint density at radius 3 is 2.69 bits per heavy atom. The number of nitrogens with two attached hydrogens (primary N) is 1. The van der Waals surface area contributed by atoms with E-state index in [-0.39, 0.29) is 0 Å². The van der Waals surface area contributed by atoms with Gasteiger partial charge in [0.25, 0.3) is 0 Å². The lowest BCUT2D eigenvalue weighted by Crippen LogP contribution is -2.05. The highest BCUT2D eigenvalue weighted by molar-refractivity contribution is 9.11. The van der Waals surface area contributed by atoms with Gasteiger partial charge in [-0.3, -0.25) is 0 Å². The van der Waals surface area contributed by atoms with Gasteiger partial charge >= 0.3 is 0 Å². The molecule has 0 spiro atoms. The van der Waals surface area contributed by atoms with E-state index >= 15 is 0 Å². The smallest absolute Gasteiger partial charge is 0.0701 e. The van der Waals surface area contributed by atoms with Gasteiger partial charge in [-0.25, -0.2) is 0 Å². The fraction of sp³-hybridized carbons (Fsp3) is 0.600. The molecule has 1 heterocycles. The Balaban J connectivity index is 2.21. The molecule has 0 aromatic carbocycles. The molecule has 1 fully saturated rings. The highest BCUT2D eigenvalue weighted by Gasteiger charge is 2.57. The molecule has 2 rings (SSSR count). The topological polar surface area (TPSA) is 26.0 Å². The molecule has 1 aliphatic rings. The van der Waals surface area contributed by atoms with E-state index in [1.165, 1.54) is 9.35 Å². The molecule has 0 radical (unpaired) electrons. The van der Waals surface area contributed by atoms with Gasteiger partial charge in [0.15, 0.2) is 0 Å². The number of halogens is 1. The highest BCUT2D eigenvalue weighted by Crippen LogP contribution is 2.64. The first-order valence-electron chi connectivity index (χ1n) is 4.51. The van der Waals surface area contributed by atoms with Crippen LogP contribution in [0.5, 0.6) is 0 Å². The fourth-order valence-corrected chi connectivity index (χ4v) is 3.54. The minimum atomic E-state index is 0.412. The van der Waals surface area contributed by atoms with Crippen LogP contribution in [0.3, 0.4) is 0 Å². The lowest BCUT2D eigenvalue weighted by atomic mass is 10.1. The number of rotatable bonds is 2. The minimum absolute atomic E-state index is 0.412. The van der Waals surface area contributed by atoms with Crippen LogP contribution in [0.2, 0.25) is 0 Å². The summed E-state index contributed by atoms with van der Waals surface area (Å²) in [5, 5.41) is 2.24. The first-order valence-corrected chi connectivity index (χ1v) is 6.18. The third-order valence-electron chi connectivity index (χ3n) is 3.25. The van der Waals surface area contributed by atoms with Crippen molar-refractivity contribution in [2.75, 3.05) is 6.54 Å². The molecule has 0 aliphatic heterocycles. The molecule has 1 aromatic heterocycles. The van der Waals surface area contributed by atoms with Crippen LogP contribution in [0.15, 0.2) is 15.2 Å². The monoisotopic (exact) mass is 259 g/mol. The number of hydrogen-bond donors (Lipinski definition) is 1. The Bertz CT molecular complexity index is 318. The van der Waals surface area contributed by atoms with E-state index in [1.54, 1.807) is 11.3 Å². The molecular formula is C10H14BrNS. The molecule has 0 amide bonds. The van der Waals surface area contributed by atoms with Gasteiger partial charge in [-0.2, -0.15) is 0 Å². The highest BCUT2D eigenvalue weighted by atomic mass is 79.9. The molecule has 1 nitrogen and oxygen atoms in total. The second kappa shape index (κ2) is 3.07. The molecule has 1 aliphatic carbocycles. The summed E-state index contributed by atoms with van der Waals surface area (Å²) in [4.78, 5) is 0. The van der Waals surface area contributed by atoms with Crippen LogP contribution in [0.4, 0.5) is 0 Å². The predicted molar refractivity (Wildman–Crippen MR) is 61.1 cm³/mol. The summed E-state index contributed by atoms with van der Waals surface area (Å²) in [6.07, 6.45) is 0. The van der Waals surface area contributed by atoms with Crippen molar-refractivity contribution in [3.8, 4) is 0 Å². The summed E-state index contributed by atoms with van der Waals surface area (Å²) in [5.74, 6) is 1.36. The summed E-state index contributed by atoms with van der Waals surface area (Å²) in [6.45, 7) is 5.42. The molecule has 2 atom stereocenters. The van der Waals surface area contributed by atoms with E-state index in [0.717, 1.165) is 6.54 Å². The summed E-state index contributed by atoms with van der Waals surface area (Å²) >= 11 is 5.26. The van der Waals surface area contributed by atoms with Gasteiger partial charge in [0, 0.05) is 0 Å². The molecule has 1 saturated carbocycles. The maximum absolute atomic E-state index is 5.74. The van der Waals surface area contributed by atoms with Crippen molar-refractivity contribution in [3.63, 3.8) is 0 Å². The van der Waals surface area contributed by atoms with Gasteiger partial charge in [-0.1, -0.05) is 13.8 Å². The molecule has 13 heavy (non-hydrogen) atoms. The average Bonchev–Trinajstić information content (AvgIpc) is 2.41. The summed E-state index contributed by atoms with van der Waals surface area (Å²) in [5.41, 5.74) is 7.60. The zero-order valence-electron chi connectivity index (χ0n) is 7.88. The average molecular weight is 260 g/mol. The summed E-state index contributed by atoms with van der Waals surface area (Å²) < 4.78 is 1.22. The van der Waals surface area contributed by atoms with Crippen LogP contribution < -0.4 is 5.73 Å². The lowest BCUT2D eigenvalue weighted by molar-refractivity contribution is 0.559. The van der Waals surface area contributed by atoms with E-state index in [2.05, 4.69) is 41.2 Å². The van der Waals surface area contributed by atoms with Gasteiger partial charge in [0.05, 0.1) is 3.79 Å². The molecule has 2 N–H and O–H groups in total. The number of thiophene rings is 1. The van der Waals surface area contributed by atoms with Gasteiger partial charge in [0.2, 0.25) is 0 Å². The standard InChI is InChI=1S/C10H14BrNS/c1-10(2)7(4-12)9(10)6-3-8(11)13-5-6/h3,5,7,9H,4,12H2,1-2H3/t7-,9-/m1/s1. The second-order valence-electron chi connectivity index (χ2n) is 4.33. The summed E-state index contributed by atoms with van der Waals surface area (Å²) in [6, 6.07) is 2.23. The van der Waals surface area contributed by atoms with E-state index in [4.69, 9.17) is 5.73 Å². The molecule has 72 valence electrons. The van der Waals surface area contributed by atoms with Crippen molar-refractivity contribution in [2.45, 2.75) is 19.8 Å². The maximum Gasteiger partial charge on any atom is 0.0701 e. The first kappa shape index (κ1) is 9.69. The van der Waals surface area contributed by atoms with Crippen molar-refractivity contribution >= 4 is 27.3 Å². The zero-order valence-corrected chi connectivity index (χ0v) is 10.3. The quantitative estimate of drug-likeness (QED) is 0.868. The van der Waals surface area contributed by atoms with Crippen molar-refractivity contribution in [1.82, 2.24) is 0 Å². The van der Waals surface area contributed by atoms with Crippen LogP contribution in [0.1, 0.15) is 25.3 Å². The van der Waals surface area contributed by atoms with Crippen molar-refractivity contribution in [3.05, 3.63) is 20.8 Å². The van der Waals surface area contributed by atoms with E-state index < -0.39 is 0 Å². The second-order valence-corrected chi connectivity index (χ2v) is 6.62. The third kappa shape index (κ3) is 1.47. The SMILES string of the molecule is CC1(C)[C@H](CN)[C@H]1c1csc(Br)c1. The first-order chi connectivity index (χ1) is 6.07. The zero-order chi connectivity index (χ0) is 9.64. The van der Waals surface area contributed by atoms with Gasteiger partial charge in [-0.05, 0) is 56.7 Å². The van der Waals surface area contributed by atoms with Gasteiger partial charge in [0.1, 0.15) is 0 Å². The van der Waals surface area contributed by atoms with E-state index in [9.17, 15) is 0 Å². The Morgan fingerprint density at radius 2 is 2.31 bits per heavy atom. The van der Waals surface area contributed by atoms with Crippen molar-refractivity contribution < 1.29 is 0 Å². The molecule has 0 unspecified atom stereocenters. The normalized spacial score (nSPS) is 30.5. The van der Waals surface area contributed by atoms with Crippen LogP contribution in [-0.4, -0.2) is 6.54 Å². The molecule has 0 saturated heterocycles. The fourth-order valence-electron chi connectivity index (χ4n) is 2.33. The maximum atomic E-state index is 5.74. The lowest BCUT2D eigenvalue weighted by Gasteiger charge is -1.98. The van der Waals surface area contributed by atoms with Crippen LogP contribution in [-0.2, 0) is 0 Å². The van der Waals surface area contributed by atoms with Gasteiger partial charge < -0.3 is 5.73 Å². The summed E-state index contributed by atoms with van der Waals surface area (Å²) in [7, 11) is 0. The molecule has 1 aromatic rings. The number of hydrogen-bond acceptors (Lipinski definition) is 2. The Morgan fingerprint density at radius 1 is 1.62 bits per heavy atom. The van der Waals surface area contributed by atoms with E-state index in [0.29, 0.717) is 17.3 Å².